The van der Waals surface area contributed by atoms with E-state index >= 15 is 0 Å². The van der Waals surface area contributed by atoms with Crippen LogP contribution in [-0.2, 0) is 0 Å². The predicted molar refractivity (Wildman–Crippen MR) is 73.7 cm³/mol. The Labute approximate surface area is 111 Å². The van der Waals surface area contributed by atoms with Crippen LogP contribution >= 0.6 is 0 Å². The van der Waals surface area contributed by atoms with Crippen molar-refractivity contribution in [2.24, 2.45) is 4.99 Å². The van der Waals surface area contributed by atoms with Crippen LogP contribution in [0.1, 0.15) is 15.9 Å². The molecule has 0 aliphatic carbocycles. The summed E-state index contributed by atoms with van der Waals surface area (Å²) in [5.41, 5.74) is 1.63. The van der Waals surface area contributed by atoms with Gasteiger partial charge in [0.2, 0.25) is 0 Å². The Morgan fingerprint density at radius 2 is 1.95 bits per heavy atom. The molecule has 0 saturated carbocycles. The standard InChI is InChI=1S/C15H13NO3/c1-19-13-7-6-11(15(18)8-13)9-16-14-5-3-2-4-12(14)10-17/h2-10,18H,1H3. The summed E-state index contributed by atoms with van der Waals surface area (Å²) in [7, 11) is 1.53. The molecule has 2 aromatic carbocycles. The number of phenols is 1. The van der Waals surface area contributed by atoms with Gasteiger partial charge in [-0.2, -0.15) is 0 Å². The van der Waals surface area contributed by atoms with Gasteiger partial charge in [-0.05, 0) is 24.3 Å². The molecule has 0 bridgehead atoms. The van der Waals surface area contributed by atoms with Crippen LogP contribution in [0.2, 0.25) is 0 Å². The van der Waals surface area contributed by atoms with E-state index in [2.05, 4.69) is 4.99 Å². The van der Waals surface area contributed by atoms with E-state index in [0.717, 1.165) is 6.29 Å². The highest BCUT2D eigenvalue weighted by molar-refractivity contribution is 5.89. The molecule has 0 unspecified atom stereocenters. The van der Waals surface area contributed by atoms with Crippen molar-refractivity contribution in [2.75, 3.05) is 7.11 Å². The Morgan fingerprint density at radius 3 is 2.63 bits per heavy atom. The van der Waals surface area contributed by atoms with Crippen LogP contribution in [0, 0.1) is 0 Å². The molecule has 0 aromatic heterocycles. The summed E-state index contributed by atoms with van der Waals surface area (Å²) in [5, 5.41) is 9.79. The number of carbonyl (C=O) groups excluding carboxylic acids is 1. The molecule has 0 aliphatic heterocycles. The summed E-state index contributed by atoms with van der Waals surface area (Å²) in [4.78, 5) is 15.1. The Morgan fingerprint density at radius 1 is 1.16 bits per heavy atom. The second-order valence-corrected chi connectivity index (χ2v) is 3.86. The number of methoxy groups -OCH3 is 1. The molecule has 0 spiro atoms. The molecule has 2 aromatic rings. The first kappa shape index (κ1) is 12.8. The van der Waals surface area contributed by atoms with E-state index in [1.807, 2.05) is 0 Å². The molecule has 0 heterocycles. The van der Waals surface area contributed by atoms with Crippen molar-refractivity contribution in [3.05, 3.63) is 53.6 Å². The molecule has 0 aliphatic rings. The highest BCUT2D eigenvalue weighted by atomic mass is 16.5. The molecule has 0 amide bonds. The van der Waals surface area contributed by atoms with E-state index in [0.29, 0.717) is 22.6 Å². The summed E-state index contributed by atoms with van der Waals surface area (Å²) in [5.74, 6) is 0.648. The molecule has 0 fully saturated rings. The lowest BCUT2D eigenvalue weighted by molar-refractivity contribution is 0.112. The second kappa shape index (κ2) is 5.82. The number of aldehydes is 1. The predicted octanol–water partition coefficient (Wildman–Crippen LogP) is 2.96. The maximum absolute atomic E-state index is 10.8. The van der Waals surface area contributed by atoms with Crippen molar-refractivity contribution < 1.29 is 14.6 Å². The monoisotopic (exact) mass is 255 g/mol. The molecule has 0 atom stereocenters. The normalized spacial score (nSPS) is 10.6. The first-order chi connectivity index (χ1) is 9.24. The Bertz CT molecular complexity index is 621. The number of aliphatic imine (C=N–C) groups is 1. The molecular weight excluding hydrogens is 242 g/mol. The van der Waals surface area contributed by atoms with Gasteiger partial charge in [-0.1, -0.05) is 12.1 Å². The molecule has 0 radical (unpaired) electrons. The number of nitrogens with zero attached hydrogens (tertiary/aromatic N) is 1. The lowest BCUT2D eigenvalue weighted by Crippen LogP contribution is -1.87. The van der Waals surface area contributed by atoms with Crippen LogP contribution in [0.15, 0.2) is 47.5 Å². The van der Waals surface area contributed by atoms with Crippen LogP contribution in [0.3, 0.4) is 0 Å². The maximum atomic E-state index is 10.8. The minimum Gasteiger partial charge on any atom is -0.507 e. The zero-order valence-electron chi connectivity index (χ0n) is 10.4. The molecule has 1 N–H and O–H groups in total. The van der Waals surface area contributed by atoms with Gasteiger partial charge < -0.3 is 9.84 Å². The van der Waals surface area contributed by atoms with Gasteiger partial charge in [0.05, 0.1) is 12.8 Å². The van der Waals surface area contributed by atoms with Gasteiger partial charge in [0.1, 0.15) is 11.5 Å². The molecule has 4 heteroatoms. The largest absolute Gasteiger partial charge is 0.507 e. The third kappa shape index (κ3) is 2.98. The highest BCUT2D eigenvalue weighted by Crippen LogP contribution is 2.23. The number of benzene rings is 2. The smallest absolute Gasteiger partial charge is 0.152 e. The van der Waals surface area contributed by atoms with Crippen molar-refractivity contribution in [3.63, 3.8) is 0 Å². The Balaban J connectivity index is 2.30. The molecule has 2 rings (SSSR count). The third-order valence-electron chi connectivity index (χ3n) is 2.64. The van der Waals surface area contributed by atoms with Crippen LogP contribution in [0.4, 0.5) is 5.69 Å². The lowest BCUT2D eigenvalue weighted by Gasteiger charge is -2.03. The summed E-state index contributed by atoms with van der Waals surface area (Å²) in [6.07, 6.45) is 2.26. The highest BCUT2D eigenvalue weighted by Gasteiger charge is 2.01. The molecule has 0 saturated heterocycles. The summed E-state index contributed by atoms with van der Waals surface area (Å²) >= 11 is 0. The number of aromatic hydroxyl groups is 1. The zero-order valence-corrected chi connectivity index (χ0v) is 10.4. The van der Waals surface area contributed by atoms with E-state index in [1.165, 1.54) is 19.4 Å². The first-order valence-electron chi connectivity index (χ1n) is 5.70. The van der Waals surface area contributed by atoms with Crippen molar-refractivity contribution in [1.82, 2.24) is 0 Å². The van der Waals surface area contributed by atoms with Crippen molar-refractivity contribution in [2.45, 2.75) is 0 Å². The minimum absolute atomic E-state index is 0.0756. The van der Waals surface area contributed by atoms with Crippen molar-refractivity contribution >= 4 is 18.2 Å². The van der Waals surface area contributed by atoms with E-state index in [-0.39, 0.29) is 5.75 Å². The molecular formula is C15H13NO3. The molecule has 4 nitrogen and oxygen atoms in total. The fourth-order valence-electron chi connectivity index (χ4n) is 1.60. The van der Waals surface area contributed by atoms with Crippen LogP contribution in [0.25, 0.3) is 0 Å². The van der Waals surface area contributed by atoms with E-state index in [4.69, 9.17) is 4.74 Å². The first-order valence-corrected chi connectivity index (χ1v) is 5.70. The summed E-state index contributed by atoms with van der Waals surface area (Å²) in [6, 6.07) is 11.9. The number of hydrogen-bond acceptors (Lipinski definition) is 4. The number of para-hydroxylation sites is 1. The minimum atomic E-state index is 0.0756. The summed E-state index contributed by atoms with van der Waals surface area (Å²) in [6.45, 7) is 0. The zero-order chi connectivity index (χ0) is 13.7. The fraction of sp³-hybridized carbons (Fsp3) is 0.0667. The molecule has 19 heavy (non-hydrogen) atoms. The Hall–Kier alpha value is -2.62. The summed E-state index contributed by atoms with van der Waals surface area (Å²) < 4.78 is 5.00. The number of ether oxygens (including phenoxy) is 1. The number of carbonyl (C=O) groups is 1. The van der Waals surface area contributed by atoms with Gasteiger partial charge >= 0.3 is 0 Å². The van der Waals surface area contributed by atoms with Gasteiger partial charge in [-0.25, -0.2) is 0 Å². The van der Waals surface area contributed by atoms with Gasteiger partial charge in [-0.3, -0.25) is 9.79 Å². The fourth-order valence-corrected chi connectivity index (χ4v) is 1.60. The molecule has 96 valence electrons. The number of rotatable bonds is 4. The van der Waals surface area contributed by atoms with E-state index < -0.39 is 0 Å². The maximum Gasteiger partial charge on any atom is 0.152 e. The number of hydrogen-bond donors (Lipinski definition) is 1. The van der Waals surface area contributed by atoms with Crippen LogP contribution in [0.5, 0.6) is 11.5 Å². The average molecular weight is 255 g/mol. The van der Waals surface area contributed by atoms with Gasteiger partial charge in [-0.15, -0.1) is 0 Å². The average Bonchev–Trinajstić information content (AvgIpc) is 2.46. The lowest BCUT2D eigenvalue weighted by atomic mass is 10.2. The topological polar surface area (TPSA) is 58.9 Å². The van der Waals surface area contributed by atoms with Gasteiger partial charge in [0.15, 0.2) is 6.29 Å². The van der Waals surface area contributed by atoms with E-state index in [1.54, 1.807) is 36.4 Å². The van der Waals surface area contributed by atoms with Crippen LogP contribution < -0.4 is 4.74 Å². The third-order valence-corrected chi connectivity index (χ3v) is 2.64. The van der Waals surface area contributed by atoms with Gasteiger partial charge in [0, 0.05) is 23.4 Å². The SMILES string of the molecule is COc1ccc(C=Nc2ccccc2C=O)c(O)c1. The van der Waals surface area contributed by atoms with Crippen molar-refractivity contribution in [3.8, 4) is 11.5 Å². The second-order valence-electron chi connectivity index (χ2n) is 3.86. The van der Waals surface area contributed by atoms with Crippen LogP contribution in [-0.4, -0.2) is 24.7 Å². The van der Waals surface area contributed by atoms with Crippen molar-refractivity contribution in [1.29, 1.82) is 0 Å². The van der Waals surface area contributed by atoms with E-state index in [9.17, 15) is 9.90 Å². The number of phenolic OH excluding ortho intramolecular Hbond substituents is 1. The Kier molecular flexibility index (Phi) is 3.93. The quantitative estimate of drug-likeness (QED) is 0.675. The van der Waals surface area contributed by atoms with Gasteiger partial charge in [0.25, 0.3) is 0 Å².